The number of morpholine rings is 1. The normalized spacial score (nSPS) is 16.2. The largest absolute Gasteiger partial charge is 0.465 e. The average molecular weight is 359 g/mol. The Hall–Kier alpha value is -2.71. The summed E-state index contributed by atoms with van der Waals surface area (Å²) < 4.78 is 11.2. The first-order chi connectivity index (χ1) is 12.5. The number of ether oxygens (including phenoxy) is 1. The van der Waals surface area contributed by atoms with Gasteiger partial charge in [0.1, 0.15) is 11.5 Å². The minimum Gasteiger partial charge on any atom is -0.465 e. The molecule has 1 N–H and O–H groups in total. The summed E-state index contributed by atoms with van der Waals surface area (Å²) in [5, 5.41) is 13.7. The van der Waals surface area contributed by atoms with Crippen molar-refractivity contribution >= 4 is 11.6 Å². The number of aryl methyl sites for hydroxylation is 1. The summed E-state index contributed by atoms with van der Waals surface area (Å²) in [6.07, 6.45) is 0. The van der Waals surface area contributed by atoms with Crippen molar-refractivity contribution in [2.45, 2.75) is 13.0 Å². The first kappa shape index (κ1) is 18.1. The van der Waals surface area contributed by atoms with Gasteiger partial charge in [-0.1, -0.05) is 6.07 Å². The molecule has 1 unspecified atom stereocenters. The average Bonchev–Trinajstić information content (AvgIpc) is 3.09. The van der Waals surface area contributed by atoms with Gasteiger partial charge in [0.05, 0.1) is 24.2 Å². The van der Waals surface area contributed by atoms with Gasteiger partial charge in [0.2, 0.25) is 0 Å². The zero-order valence-corrected chi connectivity index (χ0v) is 14.5. The molecular formula is C18H21N3O5. The van der Waals surface area contributed by atoms with Crippen LogP contribution in [0, 0.1) is 17.0 Å². The number of nitrogens with zero attached hydrogens (tertiary/aromatic N) is 2. The Morgan fingerprint density at radius 1 is 1.31 bits per heavy atom. The second kappa shape index (κ2) is 8.11. The number of carbonyl (C=O) groups excluding carboxylic acids is 1. The second-order valence-electron chi connectivity index (χ2n) is 6.13. The number of carbonyl (C=O) groups is 1. The van der Waals surface area contributed by atoms with Gasteiger partial charge in [-0.2, -0.15) is 0 Å². The molecule has 1 aromatic carbocycles. The lowest BCUT2D eigenvalue weighted by molar-refractivity contribution is -0.384. The van der Waals surface area contributed by atoms with Crippen molar-refractivity contribution in [1.82, 2.24) is 10.2 Å². The number of amides is 1. The van der Waals surface area contributed by atoms with E-state index in [-0.39, 0.29) is 23.2 Å². The Bertz CT molecular complexity index is 783. The van der Waals surface area contributed by atoms with Crippen molar-refractivity contribution in [2.75, 3.05) is 32.8 Å². The van der Waals surface area contributed by atoms with E-state index in [1.165, 1.54) is 18.2 Å². The minimum absolute atomic E-state index is 0.107. The maximum absolute atomic E-state index is 12.4. The molecule has 2 heterocycles. The Balaban J connectivity index is 1.71. The number of non-ortho nitro benzene ring substituents is 1. The minimum atomic E-state index is -0.515. The van der Waals surface area contributed by atoms with Crippen LogP contribution in [-0.4, -0.2) is 48.6 Å². The summed E-state index contributed by atoms with van der Waals surface area (Å²) in [5.41, 5.74) is 0.152. The Kier molecular flexibility index (Phi) is 5.65. The molecule has 138 valence electrons. The molecule has 0 aliphatic carbocycles. The molecule has 1 aromatic heterocycles. The van der Waals surface area contributed by atoms with Crippen molar-refractivity contribution in [3.8, 4) is 0 Å². The van der Waals surface area contributed by atoms with E-state index in [2.05, 4.69) is 10.2 Å². The molecule has 1 aliphatic rings. The topological polar surface area (TPSA) is 97.8 Å². The number of hydrogen-bond donors (Lipinski definition) is 1. The van der Waals surface area contributed by atoms with Crippen LogP contribution in [0.1, 0.15) is 27.9 Å². The molecule has 8 nitrogen and oxygen atoms in total. The lowest BCUT2D eigenvalue weighted by atomic mass is 10.1. The number of hydrogen-bond acceptors (Lipinski definition) is 6. The van der Waals surface area contributed by atoms with Crippen molar-refractivity contribution in [3.63, 3.8) is 0 Å². The maximum Gasteiger partial charge on any atom is 0.270 e. The monoisotopic (exact) mass is 359 g/mol. The predicted octanol–water partition coefficient (Wildman–Crippen LogP) is 2.30. The van der Waals surface area contributed by atoms with Gasteiger partial charge in [-0.3, -0.25) is 19.8 Å². The molecule has 8 heteroatoms. The fraction of sp³-hybridized carbons (Fsp3) is 0.389. The van der Waals surface area contributed by atoms with Crippen LogP contribution in [0.25, 0.3) is 0 Å². The lowest BCUT2D eigenvalue weighted by Crippen LogP contribution is -2.43. The summed E-state index contributed by atoms with van der Waals surface area (Å²) in [7, 11) is 0. The van der Waals surface area contributed by atoms with E-state index in [1.54, 1.807) is 6.07 Å². The summed E-state index contributed by atoms with van der Waals surface area (Å²) in [6.45, 7) is 4.98. The molecule has 0 saturated carbocycles. The van der Waals surface area contributed by atoms with Crippen LogP contribution in [0.4, 0.5) is 5.69 Å². The van der Waals surface area contributed by atoms with Crippen molar-refractivity contribution in [2.24, 2.45) is 0 Å². The number of rotatable bonds is 6. The highest BCUT2D eigenvalue weighted by Crippen LogP contribution is 2.23. The van der Waals surface area contributed by atoms with Gasteiger partial charge in [-0.15, -0.1) is 0 Å². The molecule has 2 aromatic rings. The molecule has 1 amide bonds. The number of furan rings is 1. The molecule has 1 fully saturated rings. The fourth-order valence-corrected chi connectivity index (χ4v) is 2.98. The smallest absolute Gasteiger partial charge is 0.270 e. The van der Waals surface area contributed by atoms with E-state index in [1.807, 2.05) is 19.1 Å². The SMILES string of the molecule is Cc1ccc(C(CNC(=O)c2cccc([N+](=O)[O-])c2)N2CCOCC2)o1. The molecule has 0 radical (unpaired) electrons. The van der Waals surface area contributed by atoms with Crippen molar-refractivity contribution in [3.05, 3.63) is 63.6 Å². The van der Waals surface area contributed by atoms with Crippen molar-refractivity contribution in [1.29, 1.82) is 0 Å². The quantitative estimate of drug-likeness (QED) is 0.628. The van der Waals surface area contributed by atoms with Crippen LogP contribution in [-0.2, 0) is 4.74 Å². The van der Waals surface area contributed by atoms with E-state index in [4.69, 9.17) is 9.15 Å². The molecule has 1 aliphatic heterocycles. The molecule has 1 atom stereocenters. The van der Waals surface area contributed by atoms with Crippen LogP contribution >= 0.6 is 0 Å². The van der Waals surface area contributed by atoms with Gasteiger partial charge in [0.15, 0.2) is 0 Å². The van der Waals surface area contributed by atoms with Gasteiger partial charge >= 0.3 is 0 Å². The van der Waals surface area contributed by atoms with Gasteiger partial charge in [-0.05, 0) is 25.1 Å². The molecule has 26 heavy (non-hydrogen) atoms. The highest BCUT2D eigenvalue weighted by Gasteiger charge is 2.26. The predicted molar refractivity (Wildman–Crippen MR) is 94.0 cm³/mol. The Morgan fingerprint density at radius 2 is 2.08 bits per heavy atom. The second-order valence-corrected chi connectivity index (χ2v) is 6.13. The first-order valence-corrected chi connectivity index (χ1v) is 8.45. The molecule has 0 spiro atoms. The molecule has 1 saturated heterocycles. The van der Waals surface area contributed by atoms with Crippen molar-refractivity contribution < 1.29 is 18.9 Å². The fourth-order valence-electron chi connectivity index (χ4n) is 2.98. The lowest BCUT2D eigenvalue weighted by Gasteiger charge is -2.33. The van der Waals surface area contributed by atoms with E-state index >= 15 is 0 Å². The highest BCUT2D eigenvalue weighted by molar-refractivity contribution is 5.94. The molecule has 0 bridgehead atoms. The number of nitrogens with one attached hydrogen (secondary N) is 1. The third-order valence-electron chi connectivity index (χ3n) is 4.35. The van der Waals surface area contributed by atoms with Gasteiger partial charge < -0.3 is 14.5 Å². The van der Waals surface area contributed by atoms with Gasteiger partial charge in [-0.25, -0.2) is 0 Å². The van der Waals surface area contributed by atoms with E-state index in [9.17, 15) is 14.9 Å². The number of nitro groups is 1. The van der Waals surface area contributed by atoms with Crippen LogP contribution in [0.5, 0.6) is 0 Å². The van der Waals surface area contributed by atoms with Crippen LogP contribution in [0.3, 0.4) is 0 Å². The summed E-state index contributed by atoms with van der Waals surface area (Å²) >= 11 is 0. The van der Waals surface area contributed by atoms with E-state index in [0.29, 0.717) is 19.8 Å². The van der Waals surface area contributed by atoms with Crippen LogP contribution in [0.2, 0.25) is 0 Å². The van der Waals surface area contributed by atoms with Crippen LogP contribution < -0.4 is 5.32 Å². The summed E-state index contributed by atoms with van der Waals surface area (Å²) in [6, 6.07) is 9.39. The number of benzene rings is 1. The van der Waals surface area contributed by atoms with E-state index < -0.39 is 4.92 Å². The number of nitro benzene ring substituents is 1. The zero-order valence-electron chi connectivity index (χ0n) is 14.5. The first-order valence-electron chi connectivity index (χ1n) is 8.45. The third-order valence-corrected chi connectivity index (χ3v) is 4.35. The molecular weight excluding hydrogens is 338 g/mol. The van der Waals surface area contributed by atoms with Gasteiger partial charge in [0, 0.05) is 37.3 Å². The standard InChI is InChI=1S/C18H21N3O5/c1-13-5-6-17(26-13)16(20-7-9-25-10-8-20)12-19-18(22)14-3-2-4-15(11-14)21(23)24/h2-6,11,16H,7-10,12H2,1H3,(H,19,22). The maximum atomic E-state index is 12.4. The van der Waals surface area contributed by atoms with E-state index in [0.717, 1.165) is 24.6 Å². The summed E-state index contributed by atoms with van der Waals surface area (Å²) in [4.78, 5) is 25.0. The molecule has 3 rings (SSSR count). The van der Waals surface area contributed by atoms with Crippen LogP contribution in [0.15, 0.2) is 40.8 Å². The Labute approximate surface area is 150 Å². The third kappa shape index (κ3) is 4.27. The highest BCUT2D eigenvalue weighted by atomic mass is 16.6. The summed E-state index contributed by atoms with van der Waals surface area (Å²) in [5.74, 6) is 1.24. The zero-order chi connectivity index (χ0) is 18.5. The Morgan fingerprint density at radius 3 is 2.73 bits per heavy atom. The van der Waals surface area contributed by atoms with Gasteiger partial charge in [0.25, 0.3) is 11.6 Å².